The largest absolute Gasteiger partial charge is 0.548 e. The molecule has 0 radical (unpaired) electrons. The van der Waals surface area contributed by atoms with E-state index in [2.05, 4.69) is 15.0 Å². The van der Waals surface area contributed by atoms with E-state index in [4.69, 9.17) is 0 Å². The maximum atomic E-state index is 11.2. The highest BCUT2D eigenvalue weighted by atomic mass is 16.5. The van der Waals surface area contributed by atoms with Gasteiger partial charge in [-0.15, -0.1) is 0 Å². The Labute approximate surface area is 92.3 Å². The smallest absolute Gasteiger partial charge is 0.251 e. The van der Waals surface area contributed by atoms with E-state index in [0.29, 0.717) is 5.82 Å². The molecule has 0 bridgehead atoms. The molecule has 1 rings (SSSR count). The molecule has 0 aromatic carbocycles. The van der Waals surface area contributed by atoms with Gasteiger partial charge in [-0.05, 0) is 24.6 Å². The molecule has 1 N–H and O–H groups in total. The maximum Gasteiger partial charge on any atom is 0.251 e. The summed E-state index contributed by atoms with van der Waals surface area (Å²) in [4.78, 5) is 25.1. The van der Waals surface area contributed by atoms with E-state index in [1.165, 1.54) is 0 Å². The number of carboxylic acids is 1. The fraction of sp³-hybridized carbons (Fsp3) is 0.300. The Hall–Kier alpha value is -1.95. The van der Waals surface area contributed by atoms with Crippen molar-refractivity contribution < 1.29 is 19.4 Å². The zero-order valence-corrected chi connectivity index (χ0v) is 8.73. The van der Waals surface area contributed by atoms with Crippen LogP contribution < -0.4 is 10.4 Å². The molecule has 16 heavy (non-hydrogen) atoms. The summed E-state index contributed by atoms with van der Waals surface area (Å²) in [6.45, 7) is 0.919. The number of aromatic nitrogens is 1. The van der Waals surface area contributed by atoms with Crippen molar-refractivity contribution in [2.24, 2.45) is 0 Å². The molecule has 1 aromatic rings. The van der Waals surface area contributed by atoms with E-state index in [1.807, 2.05) is 6.92 Å². The van der Waals surface area contributed by atoms with Crippen LogP contribution in [0.3, 0.4) is 0 Å². The lowest BCUT2D eigenvalue weighted by Crippen LogP contribution is -2.29. The lowest BCUT2D eigenvalue weighted by Gasteiger charge is -2.06. The number of hydrogen-bond acceptors (Lipinski definition) is 5. The number of nitrogens with one attached hydrogen (secondary N) is 1. The van der Waals surface area contributed by atoms with Gasteiger partial charge >= 0.3 is 0 Å². The average molecular weight is 223 g/mol. The van der Waals surface area contributed by atoms with Gasteiger partial charge in [0.15, 0.2) is 0 Å². The van der Waals surface area contributed by atoms with Gasteiger partial charge in [0, 0.05) is 6.20 Å². The highest BCUT2D eigenvalue weighted by Crippen LogP contribution is 2.04. The number of ether oxygens (including phenoxy) is 1. The zero-order valence-electron chi connectivity index (χ0n) is 8.73. The van der Waals surface area contributed by atoms with E-state index >= 15 is 0 Å². The van der Waals surface area contributed by atoms with E-state index < -0.39 is 18.5 Å². The van der Waals surface area contributed by atoms with E-state index in [1.54, 1.807) is 18.3 Å². The summed E-state index contributed by atoms with van der Waals surface area (Å²) in [5, 5.41) is 12.5. The summed E-state index contributed by atoms with van der Waals surface area (Å²) in [6.07, 6.45) is 1.56. The number of aryl methyl sites for hydroxylation is 1. The van der Waals surface area contributed by atoms with Crippen molar-refractivity contribution in [1.29, 1.82) is 0 Å². The lowest BCUT2D eigenvalue weighted by atomic mass is 10.3. The second-order valence-corrected chi connectivity index (χ2v) is 3.13. The predicted molar refractivity (Wildman–Crippen MR) is 53.4 cm³/mol. The fourth-order valence-electron chi connectivity index (χ4n) is 1.01. The molecule has 0 saturated carbocycles. The standard InChI is InChI=1S/C10H12N2O4/c1-7-2-3-11-8(4-7)12-9(13)5-16-6-10(14)15/h2-4H,5-6H2,1H3,(H,14,15)(H,11,12,13)/p-1. The van der Waals surface area contributed by atoms with E-state index in [9.17, 15) is 14.7 Å². The first-order valence-corrected chi connectivity index (χ1v) is 4.58. The number of pyridine rings is 1. The number of carbonyl (C=O) groups is 2. The van der Waals surface area contributed by atoms with Crippen LogP contribution in [0.4, 0.5) is 5.82 Å². The normalized spacial score (nSPS) is 9.81. The van der Waals surface area contributed by atoms with Crippen LogP contribution in [0.2, 0.25) is 0 Å². The summed E-state index contributed by atoms with van der Waals surface area (Å²) in [5.41, 5.74) is 0.959. The van der Waals surface area contributed by atoms with Gasteiger partial charge in [0.1, 0.15) is 12.4 Å². The first-order valence-electron chi connectivity index (χ1n) is 4.58. The van der Waals surface area contributed by atoms with Crippen LogP contribution >= 0.6 is 0 Å². The van der Waals surface area contributed by atoms with Gasteiger partial charge in [-0.1, -0.05) is 0 Å². The Balaban J connectivity index is 2.37. The SMILES string of the molecule is Cc1ccnc(NC(=O)COCC(=O)[O-])c1. The Morgan fingerprint density at radius 2 is 2.25 bits per heavy atom. The number of rotatable bonds is 5. The van der Waals surface area contributed by atoms with Crippen LogP contribution in [0.25, 0.3) is 0 Å². The predicted octanol–water partition coefficient (Wildman–Crippen LogP) is -0.905. The van der Waals surface area contributed by atoms with Crippen LogP contribution in [0.1, 0.15) is 5.56 Å². The van der Waals surface area contributed by atoms with Gasteiger partial charge in [0.05, 0.1) is 12.6 Å². The molecule has 0 aliphatic carbocycles. The summed E-state index contributed by atoms with van der Waals surface area (Å²) in [7, 11) is 0. The molecule has 86 valence electrons. The topological polar surface area (TPSA) is 91.3 Å². The van der Waals surface area contributed by atoms with Crippen molar-refractivity contribution in [3.63, 3.8) is 0 Å². The molecule has 1 heterocycles. The number of aliphatic carboxylic acids is 1. The summed E-state index contributed by atoms with van der Waals surface area (Å²) in [6, 6.07) is 3.49. The fourth-order valence-corrected chi connectivity index (χ4v) is 1.01. The molecule has 1 aromatic heterocycles. The molecule has 0 aliphatic heterocycles. The number of anilines is 1. The molecular weight excluding hydrogens is 212 g/mol. The average Bonchev–Trinajstić information content (AvgIpc) is 2.16. The number of carboxylic acid groups (broad SMARTS) is 1. The molecule has 0 aliphatic rings. The van der Waals surface area contributed by atoms with Gasteiger partial charge in [0.25, 0.3) is 5.91 Å². The summed E-state index contributed by atoms with van der Waals surface area (Å²) < 4.78 is 4.56. The third kappa shape index (κ3) is 4.52. The van der Waals surface area contributed by atoms with Crippen molar-refractivity contribution in [2.45, 2.75) is 6.92 Å². The molecule has 6 heteroatoms. The highest BCUT2D eigenvalue weighted by molar-refractivity contribution is 5.90. The molecular formula is C10H11N2O4-. The zero-order chi connectivity index (χ0) is 12.0. The summed E-state index contributed by atoms with van der Waals surface area (Å²) >= 11 is 0. The van der Waals surface area contributed by atoms with Crippen LogP contribution in [-0.2, 0) is 14.3 Å². The Morgan fingerprint density at radius 1 is 1.50 bits per heavy atom. The lowest BCUT2D eigenvalue weighted by molar-refractivity contribution is -0.309. The minimum atomic E-state index is -1.36. The first-order chi connectivity index (χ1) is 7.58. The molecule has 0 atom stereocenters. The number of amides is 1. The maximum absolute atomic E-state index is 11.2. The molecule has 0 spiro atoms. The Morgan fingerprint density at radius 3 is 2.88 bits per heavy atom. The molecule has 0 unspecified atom stereocenters. The molecule has 0 saturated heterocycles. The number of hydrogen-bond donors (Lipinski definition) is 1. The molecule has 1 amide bonds. The van der Waals surface area contributed by atoms with Gasteiger partial charge in [0.2, 0.25) is 0 Å². The van der Waals surface area contributed by atoms with E-state index in [-0.39, 0.29) is 6.61 Å². The number of carbonyl (C=O) groups excluding carboxylic acids is 2. The van der Waals surface area contributed by atoms with Crippen molar-refractivity contribution in [1.82, 2.24) is 4.98 Å². The van der Waals surface area contributed by atoms with Crippen molar-refractivity contribution in [2.75, 3.05) is 18.5 Å². The van der Waals surface area contributed by atoms with Crippen LogP contribution in [0.5, 0.6) is 0 Å². The monoisotopic (exact) mass is 223 g/mol. The van der Waals surface area contributed by atoms with Crippen LogP contribution in [0.15, 0.2) is 18.3 Å². The molecule has 6 nitrogen and oxygen atoms in total. The van der Waals surface area contributed by atoms with Crippen molar-refractivity contribution in [3.05, 3.63) is 23.9 Å². The second kappa shape index (κ2) is 5.82. The minimum Gasteiger partial charge on any atom is -0.548 e. The number of nitrogens with zero attached hydrogens (tertiary/aromatic N) is 1. The van der Waals surface area contributed by atoms with Crippen LogP contribution in [-0.4, -0.2) is 30.1 Å². The molecule has 0 fully saturated rings. The second-order valence-electron chi connectivity index (χ2n) is 3.13. The first kappa shape index (κ1) is 12.1. The van der Waals surface area contributed by atoms with Gasteiger partial charge in [-0.25, -0.2) is 4.98 Å². The van der Waals surface area contributed by atoms with Gasteiger partial charge < -0.3 is 20.0 Å². The van der Waals surface area contributed by atoms with E-state index in [0.717, 1.165) is 5.56 Å². The Bertz CT molecular complexity index is 392. The van der Waals surface area contributed by atoms with Gasteiger partial charge in [-0.2, -0.15) is 0 Å². The third-order valence-electron chi connectivity index (χ3n) is 1.64. The van der Waals surface area contributed by atoms with Crippen LogP contribution in [0, 0.1) is 6.92 Å². The third-order valence-corrected chi connectivity index (χ3v) is 1.64. The van der Waals surface area contributed by atoms with Crippen molar-refractivity contribution in [3.8, 4) is 0 Å². The Kier molecular flexibility index (Phi) is 4.41. The van der Waals surface area contributed by atoms with Gasteiger partial charge in [-0.3, -0.25) is 4.79 Å². The summed E-state index contributed by atoms with van der Waals surface area (Å²) in [5.74, 6) is -1.41. The highest BCUT2D eigenvalue weighted by Gasteiger charge is 2.03. The quantitative estimate of drug-likeness (QED) is 0.698. The van der Waals surface area contributed by atoms with Crippen molar-refractivity contribution >= 4 is 17.7 Å². The minimum absolute atomic E-state index is 0.344.